The number of alkyl halides is 1. The molecule has 0 spiro atoms. The Labute approximate surface area is 104 Å². The van der Waals surface area contributed by atoms with E-state index in [2.05, 4.69) is 4.74 Å². The average molecular weight is 252 g/mol. The number of rotatable bonds is 4. The van der Waals surface area contributed by atoms with Gasteiger partial charge < -0.3 is 15.6 Å². The van der Waals surface area contributed by atoms with Gasteiger partial charge in [-0.1, -0.05) is 12.1 Å². The number of esters is 1. The van der Waals surface area contributed by atoms with E-state index in [1.807, 2.05) is 0 Å². The Morgan fingerprint density at radius 1 is 1.67 bits per heavy atom. The number of halogens is 1. The van der Waals surface area contributed by atoms with Crippen LogP contribution in [-0.4, -0.2) is 23.9 Å². The number of hydrogen-bond acceptors (Lipinski definition) is 5. The van der Waals surface area contributed by atoms with Gasteiger partial charge in [0.25, 0.3) is 0 Å². The van der Waals surface area contributed by atoms with Gasteiger partial charge in [0.1, 0.15) is 11.8 Å². The average Bonchev–Trinajstić information content (AvgIpc) is 2.37. The maximum absolute atomic E-state index is 13.7. The number of carbonyl (C=O) groups excluding carboxylic acids is 1. The number of nitriles is 1. The fourth-order valence-corrected chi connectivity index (χ4v) is 1.45. The van der Waals surface area contributed by atoms with Gasteiger partial charge in [0.15, 0.2) is 0 Å². The summed E-state index contributed by atoms with van der Waals surface area (Å²) in [5, 5.41) is 18.4. The molecule has 0 aliphatic heterocycles. The zero-order valence-electron chi connectivity index (χ0n) is 9.76. The minimum atomic E-state index is -2.09. The molecule has 1 unspecified atom stereocenters. The molecule has 0 aromatic heterocycles. The quantitative estimate of drug-likeness (QED) is 0.784. The summed E-state index contributed by atoms with van der Waals surface area (Å²) in [7, 11) is 0. The summed E-state index contributed by atoms with van der Waals surface area (Å²) in [5.41, 5.74) is 5.52. The molecule has 5 nitrogen and oxygen atoms in total. The van der Waals surface area contributed by atoms with Gasteiger partial charge in [0.05, 0.1) is 18.2 Å². The summed E-state index contributed by atoms with van der Waals surface area (Å²) < 4.78 is 18.2. The zero-order valence-corrected chi connectivity index (χ0v) is 9.76. The van der Waals surface area contributed by atoms with Gasteiger partial charge >= 0.3 is 5.97 Å². The minimum absolute atomic E-state index is 0.00500. The van der Waals surface area contributed by atoms with Crippen molar-refractivity contribution >= 4 is 5.97 Å². The highest BCUT2D eigenvalue weighted by Crippen LogP contribution is 2.29. The second kappa shape index (κ2) is 5.98. The van der Waals surface area contributed by atoms with Crippen LogP contribution in [0.3, 0.4) is 0 Å². The third-order valence-corrected chi connectivity index (χ3v) is 2.37. The highest BCUT2D eigenvalue weighted by molar-refractivity contribution is 5.76. The lowest BCUT2D eigenvalue weighted by molar-refractivity contribution is -0.149. The van der Waals surface area contributed by atoms with E-state index in [4.69, 9.17) is 11.0 Å². The number of nitrogens with zero attached hydrogens (tertiary/aromatic N) is 1. The fourth-order valence-electron chi connectivity index (χ4n) is 1.45. The van der Waals surface area contributed by atoms with Crippen molar-refractivity contribution in [3.8, 4) is 11.8 Å². The van der Waals surface area contributed by atoms with E-state index in [-0.39, 0.29) is 17.7 Å². The molecule has 3 N–H and O–H groups in total. The van der Waals surface area contributed by atoms with Gasteiger partial charge in [-0.2, -0.15) is 5.26 Å². The monoisotopic (exact) mass is 252 g/mol. The summed E-state index contributed by atoms with van der Waals surface area (Å²) in [4.78, 5) is 11.2. The van der Waals surface area contributed by atoms with E-state index < -0.39 is 23.9 Å². The predicted molar refractivity (Wildman–Crippen MR) is 61.3 cm³/mol. The topological polar surface area (TPSA) is 96.3 Å². The molecule has 0 fully saturated rings. The molecule has 0 saturated carbocycles. The third-order valence-electron chi connectivity index (χ3n) is 2.37. The predicted octanol–water partition coefficient (Wildman–Crippen LogP) is 1.16. The SMILES string of the molecule is CCOC(=O)C(F)[C@@H](N)c1cccc(C#N)c1O. The fraction of sp³-hybridized carbons (Fsp3) is 0.333. The molecule has 0 radical (unpaired) electrons. The van der Waals surface area contributed by atoms with Crippen LogP contribution < -0.4 is 5.73 Å². The molecule has 0 amide bonds. The van der Waals surface area contributed by atoms with Crippen LogP contribution in [0.25, 0.3) is 0 Å². The molecule has 1 aromatic rings. The van der Waals surface area contributed by atoms with Crippen molar-refractivity contribution in [3.63, 3.8) is 0 Å². The molecule has 18 heavy (non-hydrogen) atoms. The van der Waals surface area contributed by atoms with Gasteiger partial charge in [0.2, 0.25) is 6.17 Å². The Morgan fingerprint density at radius 3 is 2.89 bits per heavy atom. The van der Waals surface area contributed by atoms with Crippen molar-refractivity contribution in [2.24, 2.45) is 5.73 Å². The van der Waals surface area contributed by atoms with Crippen LogP contribution in [0.15, 0.2) is 18.2 Å². The minimum Gasteiger partial charge on any atom is -0.506 e. The number of phenolic OH excluding ortho intramolecular Hbond substituents is 1. The Bertz CT molecular complexity index is 485. The first-order chi connectivity index (χ1) is 8.52. The summed E-state index contributed by atoms with van der Waals surface area (Å²) in [6, 6.07) is 4.53. The molecular weight excluding hydrogens is 239 g/mol. The second-order valence-corrected chi connectivity index (χ2v) is 3.53. The Hall–Kier alpha value is -2.13. The first-order valence-corrected chi connectivity index (χ1v) is 5.31. The van der Waals surface area contributed by atoms with Crippen LogP contribution >= 0.6 is 0 Å². The molecule has 0 bridgehead atoms. The smallest absolute Gasteiger partial charge is 0.342 e. The van der Waals surface area contributed by atoms with Crippen LogP contribution in [0.1, 0.15) is 24.1 Å². The highest BCUT2D eigenvalue weighted by atomic mass is 19.1. The highest BCUT2D eigenvalue weighted by Gasteiger charge is 2.30. The van der Waals surface area contributed by atoms with E-state index in [0.717, 1.165) is 0 Å². The maximum atomic E-state index is 13.7. The molecular formula is C12H13FN2O3. The van der Waals surface area contributed by atoms with Crippen molar-refractivity contribution in [1.29, 1.82) is 5.26 Å². The maximum Gasteiger partial charge on any atom is 0.342 e. The van der Waals surface area contributed by atoms with Crippen molar-refractivity contribution in [2.75, 3.05) is 6.61 Å². The lowest BCUT2D eigenvalue weighted by atomic mass is 9.99. The van der Waals surface area contributed by atoms with Crippen molar-refractivity contribution < 1.29 is 19.0 Å². The van der Waals surface area contributed by atoms with Crippen molar-refractivity contribution in [2.45, 2.75) is 19.1 Å². The summed E-state index contributed by atoms with van der Waals surface area (Å²) in [6.07, 6.45) is -2.09. The Morgan fingerprint density at radius 2 is 2.33 bits per heavy atom. The first kappa shape index (κ1) is 13.9. The van der Waals surface area contributed by atoms with Gasteiger partial charge in [-0.05, 0) is 13.0 Å². The van der Waals surface area contributed by atoms with Crippen LogP contribution in [-0.2, 0) is 9.53 Å². The molecule has 6 heteroatoms. The lowest BCUT2D eigenvalue weighted by Crippen LogP contribution is -2.31. The van der Waals surface area contributed by atoms with E-state index in [0.29, 0.717) is 0 Å². The molecule has 1 rings (SSSR count). The number of phenols is 1. The largest absolute Gasteiger partial charge is 0.506 e. The van der Waals surface area contributed by atoms with Crippen molar-refractivity contribution in [1.82, 2.24) is 0 Å². The van der Waals surface area contributed by atoms with Gasteiger partial charge in [0, 0.05) is 5.56 Å². The first-order valence-electron chi connectivity index (χ1n) is 5.31. The Kier molecular flexibility index (Phi) is 4.63. The van der Waals surface area contributed by atoms with Gasteiger partial charge in [-0.15, -0.1) is 0 Å². The summed E-state index contributed by atoms with van der Waals surface area (Å²) in [5.74, 6) is -1.51. The molecule has 0 aliphatic rings. The number of nitrogens with two attached hydrogens (primary N) is 1. The summed E-state index contributed by atoms with van der Waals surface area (Å²) >= 11 is 0. The normalized spacial score (nSPS) is 13.4. The summed E-state index contributed by atoms with van der Waals surface area (Å²) in [6.45, 7) is 1.58. The molecule has 1 aromatic carbocycles. The van der Waals surface area contributed by atoms with E-state index >= 15 is 0 Å². The number of aromatic hydroxyl groups is 1. The third kappa shape index (κ3) is 2.76. The van der Waals surface area contributed by atoms with Crippen LogP contribution in [0.5, 0.6) is 5.75 Å². The van der Waals surface area contributed by atoms with Crippen LogP contribution in [0.2, 0.25) is 0 Å². The van der Waals surface area contributed by atoms with Crippen LogP contribution in [0, 0.1) is 11.3 Å². The standard InChI is InChI=1S/C12H13FN2O3/c1-2-18-12(17)9(13)10(15)8-5-3-4-7(6-14)11(8)16/h3-5,9-10,16H,2,15H2,1H3/t9?,10-/m0/s1. The number of benzene rings is 1. The second-order valence-electron chi connectivity index (χ2n) is 3.53. The van der Waals surface area contributed by atoms with E-state index in [1.54, 1.807) is 13.0 Å². The molecule has 0 saturated heterocycles. The van der Waals surface area contributed by atoms with E-state index in [1.165, 1.54) is 18.2 Å². The number of carbonyl (C=O) groups is 1. The molecule has 0 aliphatic carbocycles. The Balaban J connectivity index is 3.01. The van der Waals surface area contributed by atoms with Gasteiger partial charge in [-0.25, -0.2) is 9.18 Å². The number of hydrogen-bond donors (Lipinski definition) is 2. The lowest BCUT2D eigenvalue weighted by Gasteiger charge is -2.17. The number of ether oxygens (including phenoxy) is 1. The molecule has 2 atom stereocenters. The molecule has 96 valence electrons. The van der Waals surface area contributed by atoms with E-state index in [9.17, 15) is 14.3 Å². The van der Waals surface area contributed by atoms with Gasteiger partial charge in [-0.3, -0.25) is 0 Å². The molecule has 0 heterocycles. The zero-order chi connectivity index (χ0) is 13.7. The van der Waals surface area contributed by atoms with Crippen LogP contribution in [0.4, 0.5) is 4.39 Å². The number of para-hydroxylation sites is 1. The van der Waals surface area contributed by atoms with Crippen molar-refractivity contribution in [3.05, 3.63) is 29.3 Å².